The molecular formula is C14H15N3O. The summed E-state index contributed by atoms with van der Waals surface area (Å²) in [5, 5.41) is 16.3. The molecule has 0 radical (unpaired) electrons. The number of benzene rings is 1. The highest BCUT2D eigenvalue weighted by Crippen LogP contribution is 2.15. The number of aliphatic imine (C=N–C) groups is 1. The number of hydrogen-bond donors (Lipinski definition) is 3. The van der Waals surface area contributed by atoms with Gasteiger partial charge < -0.3 is 10.8 Å². The third-order valence-corrected chi connectivity index (χ3v) is 2.63. The maximum Gasteiger partial charge on any atom is 0.0770 e. The maximum absolute atomic E-state index is 8.83. The fourth-order valence-corrected chi connectivity index (χ4v) is 1.63. The molecule has 1 aliphatic rings. The molecule has 1 aromatic rings. The average Bonchev–Trinajstić information content (AvgIpc) is 2.37. The summed E-state index contributed by atoms with van der Waals surface area (Å²) in [6.45, 7) is 0.151. The summed E-state index contributed by atoms with van der Waals surface area (Å²) in [4.78, 5) is 4.42. The summed E-state index contributed by atoms with van der Waals surface area (Å²) in [7, 11) is 0. The third kappa shape index (κ3) is 2.93. The molecule has 92 valence electrons. The van der Waals surface area contributed by atoms with Crippen LogP contribution in [0.4, 0.5) is 5.69 Å². The minimum Gasteiger partial charge on any atom is -0.397 e. The van der Waals surface area contributed by atoms with Gasteiger partial charge in [0.2, 0.25) is 0 Å². The number of hydrogen-bond acceptors (Lipinski definition) is 4. The number of rotatable bonds is 3. The average molecular weight is 241 g/mol. The van der Waals surface area contributed by atoms with Crippen LogP contribution in [0.15, 0.2) is 53.2 Å². The first-order valence-corrected chi connectivity index (χ1v) is 5.72. The van der Waals surface area contributed by atoms with E-state index < -0.39 is 0 Å². The minimum atomic E-state index is 0.151. The lowest BCUT2D eigenvalue weighted by Crippen LogP contribution is -2.13. The summed E-state index contributed by atoms with van der Waals surface area (Å²) in [5.74, 6) is 0. The van der Waals surface area contributed by atoms with Gasteiger partial charge in [-0.15, -0.1) is 0 Å². The molecular weight excluding hydrogens is 226 g/mol. The SMILES string of the molecule is N=C1C=CC(=Nc2ccc(CCO)cc2)C=C1N. The van der Waals surface area contributed by atoms with Gasteiger partial charge in [0.05, 0.1) is 22.8 Å². The molecule has 4 N–H and O–H groups in total. The van der Waals surface area contributed by atoms with Crippen LogP contribution in [0.25, 0.3) is 0 Å². The number of nitrogens with two attached hydrogens (primary N) is 1. The van der Waals surface area contributed by atoms with E-state index in [9.17, 15) is 0 Å². The highest BCUT2D eigenvalue weighted by atomic mass is 16.2. The molecule has 0 aliphatic heterocycles. The van der Waals surface area contributed by atoms with Crippen molar-refractivity contribution in [3.8, 4) is 0 Å². The summed E-state index contributed by atoms with van der Waals surface area (Å²) >= 11 is 0. The molecule has 0 aromatic heterocycles. The molecule has 1 aromatic carbocycles. The molecule has 0 fully saturated rings. The lowest BCUT2D eigenvalue weighted by molar-refractivity contribution is 0.299. The number of aliphatic hydroxyl groups excluding tert-OH is 1. The van der Waals surface area contributed by atoms with Gasteiger partial charge in [-0.25, -0.2) is 4.99 Å². The van der Waals surface area contributed by atoms with Crippen LogP contribution < -0.4 is 5.73 Å². The molecule has 0 saturated heterocycles. The van der Waals surface area contributed by atoms with Crippen molar-refractivity contribution in [3.63, 3.8) is 0 Å². The van der Waals surface area contributed by atoms with Crippen molar-refractivity contribution in [1.29, 1.82) is 5.41 Å². The van der Waals surface area contributed by atoms with Crippen molar-refractivity contribution in [2.45, 2.75) is 6.42 Å². The normalized spacial score (nSPS) is 17.1. The van der Waals surface area contributed by atoms with E-state index in [-0.39, 0.29) is 6.61 Å². The monoisotopic (exact) mass is 241 g/mol. The lowest BCUT2D eigenvalue weighted by atomic mass is 10.1. The zero-order valence-corrected chi connectivity index (χ0v) is 9.93. The molecule has 0 amide bonds. The van der Waals surface area contributed by atoms with E-state index in [1.54, 1.807) is 18.2 Å². The fraction of sp³-hybridized carbons (Fsp3) is 0.143. The van der Waals surface area contributed by atoms with E-state index >= 15 is 0 Å². The van der Waals surface area contributed by atoms with Gasteiger partial charge in [0.25, 0.3) is 0 Å². The minimum absolute atomic E-state index is 0.151. The van der Waals surface area contributed by atoms with Crippen LogP contribution in [0.3, 0.4) is 0 Å². The predicted molar refractivity (Wildman–Crippen MR) is 73.5 cm³/mol. The van der Waals surface area contributed by atoms with E-state index in [4.69, 9.17) is 16.2 Å². The van der Waals surface area contributed by atoms with Crippen molar-refractivity contribution in [3.05, 3.63) is 53.8 Å². The number of nitrogens with zero attached hydrogens (tertiary/aromatic N) is 1. The van der Waals surface area contributed by atoms with Gasteiger partial charge in [0, 0.05) is 6.61 Å². The molecule has 0 unspecified atom stereocenters. The van der Waals surface area contributed by atoms with Crippen LogP contribution in [0.5, 0.6) is 0 Å². The van der Waals surface area contributed by atoms with Crippen LogP contribution in [0, 0.1) is 5.41 Å². The Balaban J connectivity index is 2.18. The Kier molecular flexibility index (Phi) is 3.69. The molecule has 0 bridgehead atoms. The van der Waals surface area contributed by atoms with Gasteiger partial charge in [0.1, 0.15) is 0 Å². The van der Waals surface area contributed by atoms with Gasteiger partial charge in [-0.2, -0.15) is 0 Å². The summed E-state index contributed by atoms with van der Waals surface area (Å²) < 4.78 is 0. The molecule has 0 spiro atoms. The van der Waals surface area contributed by atoms with E-state index in [1.807, 2.05) is 24.3 Å². The first-order valence-electron chi connectivity index (χ1n) is 5.72. The van der Waals surface area contributed by atoms with Gasteiger partial charge in [-0.1, -0.05) is 12.1 Å². The smallest absolute Gasteiger partial charge is 0.0770 e. The Morgan fingerprint density at radius 1 is 1.17 bits per heavy atom. The highest BCUT2D eigenvalue weighted by Gasteiger charge is 2.04. The highest BCUT2D eigenvalue weighted by molar-refractivity contribution is 6.20. The zero-order chi connectivity index (χ0) is 13.0. The quantitative estimate of drug-likeness (QED) is 0.704. The van der Waals surface area contributed by atoms with E-state index in [2.05, 4.69) is 4.99 Å². The van der Waals surface area contributed by atoms with E-state index in [1.165, 1.54) is 0 Å². The largest absolute Gasteiger partial charge is 0.397 e. The molecule has 4 heteroatoms. The molecule has 1 aliphatic carbocycles. The Morgan fingerprint density at radius 2 is 1.89 bits per heavy atom. The van der Waals surface area contributed by atoms with E-state index in [0.29, 0.717) is 17.8 Å². The lowest BCUT2D eigenvalue weighted by Gasteiger charge is -2.06. The second-order valence-electron chi connectivity index (χ2n) is 4.02. The van der Waals surface area contributed by atoms with Crippen LogP contribution in [0.1, 0.15) is 5.56 Å². The molecule has 0 saturated carbocycles. The Labute approximate surface area is 106 Å². The molecule has 18 heavy (non-hydrogen) atoms. The predicted octanol–water partition coefficient (Wildman–Crippen LogP) is 1.73. The van der Waals surface area contributed by atoms with E-state index in [0.717, 1.165) is 17.0 Å². The van der Waals surface area contributed by atoms with Gasteiger partial charge >= 0.3 is 0 Å². The molecule has 2 rings (SSSR count). The first-order chi connectivity index (χ1) is 8.69. The van der Waals surface area contributed by atoms with Gasteiger partial charge in [-0.05, 0) is 42.3 Å². The summed E-state index contributed by atoms with van der Waals surface area (Å²) in [5.41, 5.74) is 9.04. The van der Waals surface area contributed by atoms with Crippen molar-refractivity contribution in [1.82, 2.24) is 0 Å². The van der Waals surface area contributed by atoms with Crippen LogP contribution in [-0.4, -0.2) is 23.1 Å². The maximum atomic E-state index is 8.83. The molecule has 4 nitrogen and oxygen atoms in total. The summed E-state index contributed by atoms with van der Waals surface area (Å²) in [6, 6.07) is 7.68. The van der Waals surface area contributed by atoms with Gasteiger partial charge in [-0.3, -0.25) is 5.41 Å². The standard InChI is InChI=1S/C14H15N3O/c15-13-6-5-12(9-14(13)16)17-11-3-1-10(2-4-11)7-8-18/h1-6,9,15,18H,7-8,16H2. The summed E-state index contributed by atoms with van der Waals surface area (Å²) in [6.07, 6.45) is 5.74. The van der Waals surface area contributed by atoms with Crippen molar-refractivity contribution in [2.75, 3.05) is 6.61 Å². The Morgan fingerprint density at radius 3 is 2.50 bits per heavy atom. The number of allylic oxidation sites excluding steroid dienone is 3. The van der Waals surface area contributed by atoms with Crippen molar-refractivity contribution < 1.29 is 5.11 Å². The molecule has 0 heterocycles. The Hall–Kier alpha value is -2.20. The fourth-order valence-electron chi connectivity index (χ4n) is 1.63. The Bertz CT molecular complexity index is 539. The third-order valence-electron chi connectivity index (χ3n) is 2.63. The van der Waals surface area contributed by atoms with Crippen molar-refractivity contribution >= 4 is 17.1 Å². The number of nitrogens with one attached hydrogen (secondary N) is 1. The first kappa shape index (κ1) is 12.3. The topological polar surface area (TPSA) is 82.5 Å². The zero-order valence-electron chi connectivity index (χ0n) is 9.93. The van der Waals surface area contributed by atoms with Crippen LogP contribution in [-0.2, 0) is 6.42 Å². The number of aliphatic hydroxyl groups is 1. The second kappa shape index (κ2) is 5.42. The second-order valence-corrected chi connectivity index (χ2v) is 4.02. The van der Waals surface area contributed by atoms with Crippen molar-refractivity contribution in [2.24, 2.45) is 10.7 Å². The van der Waals surface area contributed by atoms with Crippen LogP contribution >= 0.6 is 0 Å². The van der Waals surface area contributed by atoms with Gasteiger partial charge in [0.15, 0.2) is 0 Å². The molecule has 0 atom stereocenters. The van der Waals surface area contributed by atoms with Crippen LogP contribution in [0.2, 0.25) is 0 Å².